The maximum Gasteiger partial charge on any atom is 0.255 e. The molecule has 0 saturated heterocycles. The number of carbonyl (C=O) groups excluding carboxylic acids is 1. The Morgan fingerprint density at radius 1 is 0.960 bits per heavy atom. The fourth-order valence-corrected chi connectivity index (χ4v) is 2.54. The first-order chi connectivity index (χ1) is 12.2. The Bertz CT molecular complexity index is 1060. The molecular weight excluding hydrogens is 319 g/mol. The van der Waals surface area contributed by atoms with E-state index in [0.29, 0.717) is 33.8 Å². The molecule has 4 rings (SSSR count). The minimum atomic E-state index is -0.351. The van der Waals surface area contributed by atoms with Crippen LogP contribution in [-0.2, 0) is 0 Å². The lowest BCUT2D eigenvalue weighted by atomic mass is 10.2. The molecule has 3 aromatic carbocycles. The summed E-state index contributed by atoms with van der Waals surface area (Å²) in [5.74, 6) is -0.217. The van der Waals surface area contributed by atoms with Crippen LogP contribution in [0.5, 0.6) is 0 Å². The van der Waals surface area contributed by atoms with E-state index in [0.717, 1.165) is 0 Å². The van der Waals surface area contributed by atoms with Gasteiger partial charge in [0.25, 0.3) is 5.91 Å². The van der Waals surface area contributed by atoms with Gasteiger partial charge in [0.1, 0.15) is 11.3 Å². The fraction of sp³-hybridized carbons (Fsp3) is 0. The van der Waals surface area contributed by atoms with Crippen molar-refractivity contribution < 1.29 is 13.6 Å². The van der Waals surface area contributed by atoms with Crippen LogP contribution in [-0.4, -0.2) is 10.9 Å². The maximum atomic E-state index is 13.4. The second-order valence-electron chi connectivity index (χ2n) is 5.53. The fourth-order valence-electron chi connectivity index (χ4n) is 2.54. The average molecular weight is 332 g/mol. The predicted molar refractivity (Wildman–Crippen MR) is 93.8 cm³/mol. The molecule has 0 aliphatic rings. The molecule has 0 spiro atoms. The van der Waals surface area contributed by atoms with Gasteiger partial charge in [-0.3, -0.25) is 4.79 Å². The van der Waals surface area contributed by atoms with Crippen molar-refractivity contribution in [1.82, 2.24) is 4.98 Å². The Labute approximate surface area is 142 Å². The Morgan fingerprint density at radius 2 is 1.80 bits per heavy atom. The zero-order valence-corrected chi connectivity index (χ0v) is 13.1. The molecule has 4 nitrogen and oxygen atoms in total. The number of aromatic nitrogens is 1. The van der Waals surface area contributed by atoms with Gasteiger partial charge in [0.05, 0.1) is 0 Å². The molecule has 4 aromatic rings. The number of hydrogen-bond acceptors (Lipinski definition) is 3. The molecule has 0 radical (unpaired) electrons. The molecule has 1 aromatic heterocycles. The highest BCUT2D eigenvalue weighted by molar-refractivity contribution is 6.04. The number of amides is 1. The first-order valence-electron chi connectivity index (χ1n) is 7.72. The van der Waals surface area contributed by atoms with Gasteiger partial charge in [-0.2, -0.15) is 0 Å². The number of oxazole rings is 1. The van der Waals surface area contributed by atoms with Crippen LogP contribution >= 0.6 is 0 Å². The minimum Gasteiger partial charge on any atom is -0.436 e. The van der Waals surface area contributed by atoms with Gasteiger partial charge in [0.2, 0.25) is 5.89 Å². The van der Waals surface area contributed by atoms with Crippen molar-refractivity contribution in [3.05, 3.63) is 84.2 Å². The second-order valence-corrected chi connectivity index (χ2v) is 5.53. The Kier molecular flexibility index (Phi) is 3.74. The van der Waals surface area contributed by atoms with Crippen molar-refractivity contribution in [2.45, 2.75) is 0 Å². The van der Waals surface area contributed by atoms with Gasteiger partial charge in [0, 0.05) is 16.8 Å². The number of carbonyl (C=O) groups is 1. The predicted octanol–water partition coefficient (Wildman–Crippen LogP) is 4.89. The van der Waals surface area contributed by atoms with Crippen LogP contribution in [0.4, 0.5) is 10.1 Å². The van der Waals surface area contributed by atoms with Gasteiger partial charge in [-0.15, -0.1) is 0 Å². The van der Waals surface area contributed by atoms with Crippen LogP contribution in [0.15, 0.2) is 77.2 Å². The Morgan fingerprint density at radius 3 is 2.60 bits per heavy atom. The van der Waals surface area contributed by atoms with Crippen LogP contribution < -0.4 is 5.32 Å². The van der Waals surface area contributed by atoms with E-state index in [1.807, 2.05) is 6.07 Å². The highest BCUT2D eigenvalue weighted by atomic mass is 19.1. The lowest BCUT2D eigenvalue weighted by Gasteiger charge is -2.04. The third-order valence-corrected chi connectivity index (χ3v) is 3.75. The molecule has 1 N–H and O–H groups in total. The smallest absolute Gasteiger partial charge is 0.255 e. The standard InChI is InChI=1S/C20H13FN2O2/c21-15-8-4-7-14(11-15)20-23-17-12-16(9-10-18(17)25-20)22-19(24)13-5-2-1-3-6-13/h1-12H,(H,22,24). The van der Waals surface area contributed by atoms with Gasteiger partial charge in [0.15, 0.2) is 5.58 Å². The van der Waals surface area contributed by atoms with Crippen molar-refractivity contribution in [1.29, 1.82) is 0 Å². The number of fused-ring (bicyclic) bond motifs is 1. The molecule has 122 valence electrons. The van der Waals surface area contributed by atoms with Gasteiger partial charge in [-0.25, -0.2) is 9.37 Å². The third kappa shape index (κ3) is 3.12. The van der Waals surface area contributed by atoms with Gasteiger partial charge in [-0.05, 0) is 48.5 Å². The van der Waals surface area contributed by atoms with Crippen LogP contribution in [0.3, 0.4) is 0 Å². The molecule has 0 bridgehead atoms. The summed E-state index contributed by atoms with van der Waals surface area (Å²) in [6, 6.07) is 20.2. The second kappa shape index (κ2) is 6.20. The van der Waals surface area contributed by atoms with E-state index in [1.165, 1.54) is 12.1 Å². The van der Waals surface area contributed by atoms with Crippen molar-refractivity contribution in [2.24, 2.45) is 0 Å². The molecule has 0 aliphatic carbocycles. The quantitative estimate of drug-likeness (QED) is 0.581. The number of hydrogen-bond donors (Lipinski definition) is 1. The van der Waals surface area contributed by atoms with E-state index < -0.39 is 0 Å². The third-order valence-electron chi connectivity index (χ3n) is 3.75. The lowest BCUT2D eigenvalue weighted by molar-refractivity contribution is 0.102. The van der Waals surface area contributed by atoms with E-state index >= 15 is 0 Å². The highest BCUT2D eigenvalue weighted by Gasteiger charge is 2.11. The minimum absolute atomic E-state index is 0.200. The Balaban J connectivity index is 1.63. The van der Waals surface area contributed by atoms with E-state index in [1.54, 1.807) is 54.6 Å². The highest BCUT2D eigenvalue weighted by Crippen LogP contribution is 2.26. The first kappa shape index (κ1) is 15.1. The van der Waals surface area contributed by atoms with Crippen LogP contribution in [0.1, 0.15) is 10.4 Å². The zero-order valence-electron chi connectivity index (χ0n) is 13.1. The summed E-state index contributed by atoms with van der Waals surface area (Å²) >= 11 is 0. The van der Waals surface area contributed by atoms with Crippen molar-refractivity contribution >= 4 is 22.7 Å². The van der Waals surface area contributed by atoms with E-state index in [2.05, 4.69) is 10.3 Å². The van der Waals surface area contributed by atoms with Crippen LogP contribution in [0, 0.1) is 5.82 Å². The monoisotopic (exact) mass is 332 g/mol. The molecule has 0 fully saturated rings. The molecule has 5 heteroatoms. The lowest BCUT2D eigenvalue weighted by Crippen LogP contribution is -2.11. The van der Waals surface area contributed by atoms with Crippen molar-refractivity contribution in [3.8, 4) is 11.5 Å². The number of benzene rings is 3. The molecular formula is C20H13FN2O2. The molecule has 1 heterocycles. The summed E-state index contributed by atoms with van der Waals surface area (Å²) < 4.78 is 19.0. The zero-order chi connectivity index (χ0) is 17.2. The average Bonchev–Trinajstić information content (AvgIpc) is 3.06. The number of halogens is 1. The summed E-state index contributed by atoms with van der Waals surface area (Å²) in [6.45, 7) is 0. The van der Waals surface area contributed by atoms with E-state index in [-0.39, 0.29) is 11.7 Å². The molecule has 25 heavy (non-hydrogen) atoms. The van der Waals surface area contributed by atoms with Crippen LogP contribution in [0.25, 0.3) is 22.6 Å². The topological polar surface area (TPSA) is 55.1 Å². The van der Waals surface area contributed by atoms with Gasteiger partial charge in [-0.1, -0.05) is 24.3 Å². The van der Waals surface area contributed by atoms with Crippen molar-refractivity contribution in [3.63, 3.8) is 0 Å². The number of anilines is 1. The first-order valence-corrected chi connectivity index (χ1v) is 7.72. The summed E-state index contributed by atoms with van der Waals surface area (Å²) in [5, 5.41) is 2.83. The number of rotatable bonds is 3. The summed E-state index contributed by atoms with van der Waals surface area (Å²) in [4.78, 5) is 16.6. The van der Waals surface area contributed by atoms with Crippen LogP contribution in [0.2, 0.25) is 0 Å². The largest absolute Gasteiger partial charge is 0.436 e. The molecule has 0 saturated carbocycles. The van der Waals surface area contributed by atoms with Crippen molar-refractivity contribution in [2.75, 3.05) is 5.32 Å². The molecule has 0 aliphatic heterocycles. The van der Waals surface area contributed by atoms with Gasteiger partial charge < -0.3 is 9.73 Å². The normalized spacial score (nSPS) is 10.8. The number of nitrogens with one attached hydrogen (secondary N) is 1. The van der Waals surface area contributed by atoms with Gasteiger partial charge >= 0.3 is 0 Å². The summed E-state index contributed by atoms with van der Waals surface area (Å²) in [6.07, 6.45) is 0. The SMILES string of the molecule is O=C(Nc1ccc2oc(-c3cccc(F)c3)nc2c1)c1ccccc1. The number of nitrogens with zero attached hydrogens (tertiary/aromatic N) is 1. The Hall–Kier alpha value is -3.47. The molecule has 1 amide bonds. The van der Waals surface area contributed by atoms with E-state index in [9.17, 15) is 9.18 Å². The maximum absolute atomic E-state index is 13.4. The van der Waals surface area contributed by atoms with E-state index in [4.69, 9.17) is 4.42 Å². The molecule has 0 atom stereocenters. The molecule has 0 unspecified atom stereocenters. The summed E-state index contributed by atoms with van der Waals surface area (Å²) in [5.41, 5.74) is 2.90. The summed E-state index contributed by atoms with van der Waals surface area (Å²) in [7, 11) is 0.